The molecular weight excluding hydrogens is 1110 g/mol. The summed E-state index contributed by atoms with van der Waals surface area (Å²) >= 11 is 1.46. The molecule has 0 bridgehead atoms. The molecule has 1 saturated heterocycles. The average molecular weight is 1190 g/mol. The van der Waals surface area contributed by atoms with Gasteiger partial charge in [-0.25, -0.2) is 0 Å². The van der Waals surface area contributed by atoms with Gasteiger partial charge in [-0.15, -0.1) is 11.8 Å². The van der Waals surface area contributed by atoms with Crippen LogP contribution in [0.25, 0.3) is 0 Å². The first-order valence-electron chi connectivity index (χ1n) is 29.8. The molecule has 1 N–H and O–H groups in total. The summed E-state index contributed by atoms with van der Waals surface area (Å²) in [5.74, 6) is 0.804. The Morgan fingerprint density at radius 3 is 2.05 bits per heavy atom. The molecule has 0 radical (unpaired) electrons. The van der Waals surface area contributed by atoms with E-state index in [4.69, 9.17) is 38.2 Å². The predicted octanol–water partition coefficient (Wildman–Crippen LogP) is 10.3. The summed E-state index contributed by atoms with van der Waals surface area (Å²) in [7, 11) is 4.71. The van der Waals surface area contributed by atoms with E-state index in [-0.39, 0.29) is 80.0 Å². The number of para-hydroxylation sites is 2. The van der Waals surface area contributed by atoms with Gasteiger partial charge in [-0.05, 0) is 91.4 Å². The molecule has 18 nitrogen and oxygen atoms in total. The van der Waals surface area contributed by atoms with Crippen LogP contribution in [0.4, 0.5) is 28.4 Å². The molecule has 0 aromatic heterocycles. The second-order valence-corrected chi connectivity index (χ2v) is 25.2. The molecule has 3 atom stereocenters. The van der Waals surface area contributed by atoms with Crippen molar-refractivity contribution in [3.8, 4) is 23.0 Å². The minimum atomic E-state index is -0.623. The van der Waals surface area contributed by atoms with Gasteiger partial charge in [-0.2, -0.15) is 0 Å². The fraction of sp³-hybridized carbons (Fsp3) is 0.433. The zero-order valence-electron chi connectivity index (χ0n) is 49.7. The molecule has 5 heterocycles. The lowest BCUT2D eigenvalue weighted by atomic mass is 9.85. The van der Waals surface area contributed by atoms with Crippen molar-refractivity contribution in [2.45, 2.75) is 107 Å². The number of hydrogen-bond donors (Lipinski definition) is 1. The summed E-state index contributed by atoms with van der Waals surface area (Å²) in [6.45, 7) is 11.6. The molecule has 1 aliphatic carbocycles. The van der Waals surface area contributed by atoms with Crippen LogP contribution in [0.5, 0.6) is 23.0 Å². The number of nitrogens with one attached hydrogen (secondary N) is 1. The van der Waals surface area contributed by atoms with Crippen LogP contribution >= 0.6 is 11.8 Å². The minimum Gasteiger partial charge on any atom is -0.493 e. The molecule has 6 aliphatic rings. The number of hydrogen-bond acceptors (Lipinski definition) is 16. The number of ether oxygens (including phenoxy) is 7. The first kappa shape index (κ1) is 60.0. The van der Waals surface area contributed by atoms with Gasteiger partial charge in [0.2, 0.25) is 11.8 Å². The number of nitrogens with zero attached hydrogens (tertiary/aromatic N) is 5. The zero-order valence-corrected chi connectivity index (χ0v) is 50.5. The van der Waals surface area contributed by atoms with Gasteiger partial charge in [0, 0.05) is 104 Å². The lowest BCUT2D eigenvalue weighted by Crippen LogP contribution is -2.41. The lowest BCUT2D eigenvalue weighted by Gasteiger charge is -2.35. The third kappa shape index (κ3) is 13.0. The van der Waals surface area contributed by atoms with E-state index in [0.717, 1.165) is 71.4 Å². The number of methoxy groups -OCH3 is 3. The summed E-state index contributed by atoms with van der Waals surface area (Å²) in [6.07, 6.45) is 8.30. The number of ketones is 1. The van der Waals surface area contributed by atoms with Crippen LogP contribution in [0.2, 0.25) is 0 Å². The van der Waals surface area contributed by atoms with Gasteiger partial charge < -0.3 is 43.4 Å². The van der Waals surface area contributed by atoms with E-state index in [1.165, 1.54) is 16.7 Å². The number of carbonyl (C=O) groups is 5. The number of aliphatic imine (C=N–C) groups is 1. The molecule has 4 amide bonds. The van der Waals surface area contributed by atoms with Crippen LogP contribution in [0.15, 0.2) is 108 Å². The monoisotopic (exact) mass is 1190 g/mol. The number of thioether (sulfide) groups is 1. The van der Waals surface area contributed by atoms with Crippen LogP contribution in [0, 0.1) is 5.92 Å². The number of anilines is 4. The fourth-order valence-corrected chi connectivity index (χ4v) is 14.1. The quantitative estimate of drug-likeness (QED) is 0.0407. The molecular formula is C67H76N6O12S. The van der Waals surface area contributed by atoms with Gasteiger partial charge >= 0.3 is 0 Å². The van der Waals surface area contributed by atoms with E-state index < -0.39 is 10.00 Å². The Morgan fingerprint density at radius 2 is 1.35 bits per heavy atom. The molecule has 5 aromatic carbocycles. The standard InChI is InChI=1S/C67H76N6O12S/c1-42-56-32-47-17-11-13-19-55(47)73(56)65(77)51-34-59(81-6)61(36-53(51)69-42)85-40-44-28-43(39-84-60-35-52-50(33-58(60)80-5)64(76)72-49(38-68-52)31-46-16-10-12-18-54(46)72)29-48(30-44)70(22-23-82-26-27-83-25-24-79-4)41-67(2,3)86-62-37-63(75)71(66(62)78)21-20-57(74)45-14-8-7-9-15-45/h10-13,16-19,28-30,33-36,38,45,49,56,62,69H,1,7-9,14-15,20-27,31-32,37,39-41H2,2-6H3/t49-,56-,62?/m0/s1. The van der Waals surface area contributed by atoms with E-state index in [1.807, 2.05) is 72.9 Å². The van der Waals surface area contributed by atoms with Gasteiger partial charge in [0.1, 0.15) is 19.0 Å². The molecule has 19 heteroatoms. The summed E-state index contributed by atoms with van der Waals surface area (Å²) < 4.78 is 41.7. The summed E-state index contributed by atoms with van der Waals surface area (Å²) in [4.78, 5) is 81.5. The molecule has 2 fully saturated rings. The molecule has 11 rings (SSSR count). The van der Waals surface area contributed by atoms with Crippen molar-refractivity contribution in [1.82, 2.24) is 4.90 Å². The number of fused-ring (bicyclic) bond motifs is 8. The van der Waals surface area contributed by atoms with Crippen molar-refractivity contribution in [3.63, 3.8) is 0 Å². The van der Waals surface area contributed by atoms with Gasteiger partial charge in [0.05, 0.1) is 87.1 Å². The first-order chi connectivity index (χ1) is 41.7. The zero-order chi connectivity index (χ0) is 60.1. The predicted molar refractivity (Wildman–Crippen MR) is 332 cm³/mol. The topological polar surface area (TPSA) is 187 Å². The Kier molecular flexibility index (Phi) is 18.5. The number of carbonyl (C=O) groups excluding carboxylic acids is 5. The number of amides is 4. The van der Waals surface area contributed by atoms with Crippen LogP contribution in [0.3, 0.4) is 0 Å². The third-order valence-electron chi connectivity index (χ3n) is 16.9. The van der Waals surface area contributed by atoms with Gasteiger partial charge in [0.25, 0.3) is 11.8 Å². The van der Waals surface area contributed by atoms with Crippen molar-refractivity contribution in [2.24, 2.45) is 10.9 Å². The third-order valence-corrected chi connectivity index (χ3v) is 18.4. The smallest absolute Gasteiger partial charge is 0.261 e. The highest BCUT2D eigenvalue weighted by Crippen LogP contribution is 2.45. The van der Waals surface area contributed by atoms with E-state index in [1.54, 1.807) is 55.4 Å². The lowest BCUT2D eigenvalue weighted by molar-refractivity contribution is -0.138. The maximum atomic E-state index is 14.4. The van der Waals surface area contributed by atoms with Crippen molar-refractivity contribution >= 4 is 75.8 Å². The van der Waals surface area contributed by atoms with Crippen molar-refractivity contribution in [2.75, 3.05) is 94.0 Å². The van der Waals surface area contributed by atoms with Crippen molar-refractivity contribution in [1.29, 1.82) is 0 Å². The minimum absolute atomic E-state index is 0.00541. The SMILES string of the molecule is C=C1Nc2cc(OCc3cc(COc4cc5c(cc4OC)C(=O)N4c6ccccc6C[C@H]4C=N5)cc(N(CCOCCOCCOC)CC(C)(C)SC4CC(=O)N(CCC(=O)C5CCCCC5)C4=O)c3)c(OC)cc2C(=O)N2c3ccccc3C[C@@H]12. The Balaban J connectivity index is 0.884. The summed E-state index contributed by atoms with van der Waals surface area (Å²) in [6, 6.07) is 28.3. The number of imide groups is 1. The number of Topliss-reactive ketones (excluding diaryl/α,β-unsaturated/α-hetero) is 1. The summed E-state index contributed by atoms with van der Waals surface area (Å²) in [5.41, 5.74) is 8.74. The van der Waals surface area contributed by atoms with Gasteiger partial charge in [-0.3, -0.25) is 43.7 Å². The Hall–Kier alpha value is -7.71. The first-order valence-corrected chi connectivity index (χ1v) is 30.7. The van der Waals surface area contributed by atoms with E-state index in [2.05, 4.69) is 30.6 Å². The van der Waals surface area contributed by atoms with Gasteiger partial charge in [-0.1, -0.05) is 62.2 Å². The molecule has 5 aromatic rings. The largest absolute Gasteiger partial charge is 0.493 e. The van der Waals surface area contributed by atoms with Crippen LogP contribution in [0.1, 0.15) is 102 Å². The van der Waals surface area contributed by atoms with Crippen LogP contribution in [-0.4, -0.2) is 137 Å². The summed E-state index contributed by atoms with van der Waals surface area (Å²) in [5, 5.41) is 2.82. The molecule has 1 saturated carbocycles. The van der Waals surface area contributed by atoms with Crippen LogP contribution < -0.4 is 39.0 Å². The Labute approximate surface area is 507 Å². The van der Waals surface area contributed by atoms with Gasteiger partial charge in [0.15, 0.2) is 23.0 Å². The maximum Gasteiger partial charge on any atom is 0.261 e. The highest BCUT2D eigenvalue weighted by atomic mass is 32.2. The van der Waals surface area contributed by atoms with Crippen molar-refractivity contribution < 1.29 is 57.1 Å². The molecule has 5 aliphatic heterocycles. The Bertz CT molecular complexity index is 3430. The molecule has 0 spiro atoms. The van der Waals surface area contributed by atoms with E-state index in [0.29, 0.717) is 110 Å². The molecule has 1 unspecified atom stereocenters. The molecule has 452 valence electrons. The normalized spacial score (nSPS) is 18.8. The van der Waals surface area contributed by atoms with E-state index >= 15 is 0 Å². The highest BCUT2D eigenvalue weighted by molar-refractivity contribution is 8.02. The Morgan fingerprint density at radius 1 is 0.721 bits per heavy atom. The highest BCUT2D eigenvalue weighted by Gasteiger charge is 2.44. The fourth-order valence-electron chi connectivity index (χ4n) is 12.7. The number of likely N-dealkylation sites (tertiary alicyclic amines) is 1. The van der Waals surface area contributed by atoms with Crippen LogP contribution in [-0.2, 0) is 54.6 Å². The second-order valence-electron chi connectivity index (χ2n) is 23.3. The average Bonchev–Trinajstić information content (AvgIpc) is 1.73. The van der Waals surface area contributed by atoms with Crippen molar-refractivity contribution in [3.05, 3.63) is 137 Å². The number of rotatable bonds is 26. The van der Waals surface area contributed by atoms with E-state index in [9.17, 15) is 24.0 Å². The number of benzene rings is 5. The maximum absolute atomic E-state index is 14.4. The molecule has 86 heavy (non-hydrogen) atoms. The second kappa shape index (κ2) is 26.5.